The summed E-state index contributed by atoms with van der Waals surface area (Å²) < 4.78 is 18.1. The van der Waals surface area contributed by atoms with Gasteiger partial charge in [0.25, 0.3) is 0 Å². The Morgan fingerprint density at radius 2 is 2.06 bits per heavy atom. The molecule has 5 heteroatoms. The topological polar surface area (TPSA) is 53.7 Å². The van der Waals surface area contributed by atoms with E-state index >= 15 is 0 Å². The molecule has 0 bridgehead atoms. The van der Waals surface area contributed by atoms with Gasteiger partial charge in [-0.3, -0.25) is 4.79 Å². The predicted octanol–water partition coefficient (Wildman–Crippen LogP) is 1.00. The van der Waals surface area contributed by atoms with Crippen LogP contribution < -0.4 is 10.9 Å². The first kappa shape index (κ1) is 11.4. The van der Waals surface area contributed by atoms with Gasteiger partial charge in [0.05, 0.1) is 6.61 Å². The highest BCUT2D eigenvalue weighted by molar-refractivity contribution is 6.09. The summed E-state index contributed by atoms with van der Waals surface area (Å²) in [5, 5.41) is 0. The lowest BCUT2D eigenvalue weighted by Gasteiger charge is -2.08. The molecule has 0 aromatic heterocycles. The van der Waals surface area contributed by atoms with E-state index in [1.807, 2.05) is 0 Å². The Kier molecular flexibility index (Phi) is 2.46. The number of carbonyl (C=O) groups is 1. The number of carbonyl (C=O) groups excluding carboxylic acids is 1. The van der Waals surface area contributed by atoms with Crippen molar-refractivity contribution in [1.29, 1.82) is 0 Å². The molecule has 0 aliphatic carbocycles. The first-order valence-corrected chi connectivity index (χ1v) is 5.77. The minimum atomic E-state index is -0.695. The Balaban J connectivity index is 1.97. The molecule has 4 nitrogen and oxygen atoms in total. The molecular weight excluding hydrogens is 235 g/mol. The zero-order valence-electron chi connectivity index (χ0n) is 9.92. The molecule has 3 rings (SSSR count). The number of Topliss-reactive ketones (excluding diaryl/α,β-unsaturated/α-hetero) is 1. The molecule has 1 atom stereocenters. The van der Waals surface area contributed by atoms with Crippen LogP contribution in [0.2, 0.25) is 0 Å². The summed E-state index contributed by atoms with van der Waals surface area (Å²) in [6, 6.07) is 6.11. The maximum absolute atomic E-state index is 12.9. The Bertz CT molecular complexity index is 532. The highest BCUT2D eigenvalue weighted by Gasteiger charge is 2.49. The Labute approximate surface area is 104 Å². The lowest BCUT2D eigenvalue weighted by atomic mass is 9.98. The average molecular weight is 248 g/mol. The van der Waals surface area contributed by atoms with Crippen molar-refractivity contribution < 1.29 is 13.9 Å². The summed E-state index contributed by atoms with van der Waals surface area (Å²) in [4.78, 5) is 12.2. The van der Waals surface area contributed by atoms with Crippen molar-refractivity contribution in [3.63, 3.8) is 0 Å². The maximum Gasteiger partial charge on any atom is 0.214 e. The molecule has 2 aliphatic heterocycles. The van der Waals surface area contributed by atoms with E-state index < -0.39 is 5.60 Å². The van der Waals surface area contributed by atoms with Crippen LogP contribution in [0.15, 0.2) is 30.0 Å². The molecule has 0 spiro atoms. The van der Waals surface area contributed by atoms with Gasteiger partial charge < -0.3 is 10.2 Å². The SMILES string of the molecule is C[C@@]1(C(=O)C2=C(c3ccc(F)cc3)CNN2)CO1. The normalized spacial score (nSPS) is 26.1. The largest absolute Gasteiger partial charge is 0.361 e. The van der Waals surface area contributed by atoms with Crippen LogP contribution in [0.3, 0.4) is 0 Å². The summed E-state index contributed by atoms with van der Waals surface area (Å²) in [5.41, 5.74) is 7.29. The van der Waals surface area contributed by atoms with Gasteiger partial charge in [-0.15, -0.1) is 0 Å². The van der Waals surface area contributed by atoms with E-state index in [0.717, 1.165) is 11.1 Å². The van der Waals surface area contributed by atoms with Gasteiger partial charge in [0.1, 0.15) is 11.5 Å². The first-order valence-electron chi connectivity index (χ1n) is 5.77. The summed E-state index contributed by atoms with van der Waals surface area (Å²) in [5.74, 6) is -0.351. The number of hydrazine groups is 1. The van der Waals surface area contributed by atoms with Gasteiger partial charge >= 0.3 is 0 Å². The molecule has 94 valence electrons. The van der Waals surface area contributed by atoms with Gasteiger partial charge in [-0.25, -0.2) is 9.82 Å². The van der Waals surface area contributed by atoms with Crippen molar-refractivity contribution in [2.45, 2.75) is 12.5 Å². The van der Waals surface area contributed by atoms with Gasteiger partial charge in [0, 0.05) is 12.1 Å². The number of rotatable bonds is 3. The number of hydrogen-bond acceptors (Lipinski definition) is 4. The fraction of sp³-hybridized carbons (Fsp3) is 0.308. The average Bonchev–Trinajstić information content (AvgIpc) is 2.94. The monoisotopic (exact) mass is 248 g/mol. The molecule has 1 fully saturated rings. The number of hydrogen-bond donors (Lipinski definition) is 2. The van der Waals surface area contributed by atoms with Crippen LogP contribution in [-0.2, 0) is 9.53 Å². The van der Waals surface area contributed by atoms with Gasteiger partial charge in [-0.1, -0.05) is 12.1 Å². The van der Waals surface area contributed by atoms with Crippen molar-refractivity contribution in [2.75, 3.05) is 13.2 Å². The van der Waals surface area contributed by atoms with Crippen LogP contribution in [0.25, 0.3) is 5.57 Å². The Hall–Kier alpha value is -1.72. The van der Waals surface area contributed by atoms with Crippen molar-refractivity contribution in [2.24, 2.45) is 0 Å². The third-order valence-electron chi connectivity index (χ3n) is 3.26. The number of halogens is 1. The molecule has 0 unspecified atom stereocenters. The maximum atomic E-state index is 12.9. The van der Waals surface area contributed by atoms with E-state index in [0.29, 0.717) is 18.8 Å². The van der Waals surface area contributed by atoms with Crippen molar-refractivity contribution >= 4 is 11.4 Å². The Morgan fingerprint density at radius 3 is 2.67 bits per heavy atom. The summed E-state index contributed by atoms with van der Waals surface area (Å²) >= 11 is 0. The fourth-order valence-electron chi connectivity index (χ4n) is 1.98. The van der Waals surface area contributed by atoms with E-state index in [1.165, 1.54) is 12.1 Å². The van der Waals surface area contributed by atoms with Gasteiger partial charge in [0.2, 0.25) is 5.78 Å². The molecular formula is C13H13FN2O2. The lowest BCUT2D eigenvalue weighted by Crippen LogP contribution is -2.32. The second-order valence-corrected chi connectivity index (χ2v) is 4.69. The molecule has 2 N–H and O–H groups in total. The standard InChI is InChI=1S/C13H13FN2O2/c1-13(7-18-13)12(17)11-10(6-15-16-11)8-2-4-9(14)5-3-8/h2-5,15-16H,6-7H2,1H3/t13-/m0/s1. The zero-order chi connectivity index (χ0) is 12.8. The second-order valence-electron chi connectivity index (χ2n) is 4.69. The van der Waals surface area contributed by atoms with E-state index in [1.54, 1.807) is 19.1 Å². The Morgan fingerprint density at radius 1 is 1.39 bits per heavy atom. The molecule has 2 aliphatic rings. The zero-order valence-corrected chi connectivity index (χ0v) is 9.92. The summed E-state index contributed by atoms with van der Waals surface area (Å²) in [6.07, 6.45) is 0. The fourth-order valence-corrected chi connectivity index (χ4v) is 1.98. The molecule has 0 saturated carbocycles. The van der Waals surface area contributed by atoms with E-state index in [2.05, 4.69) is 10.9 Å². The van der Waals surface area contributed by atoms with E-state index in [-0.39, 0.29) is 11.6 Å². The molecule has 18 heavy (non-hydrogen) atoms. The van der Waals surface area contributed by atoms with Crippen LogP contribution in [-0.4, -0.2) is 24.5 Å². The van der Waals surface area contributed by atoms with E-state index in [4.69, 9.17) is 4.74 Å². The van der Waals surface area contributed by atoms with Crippen molar-refractivity contribution in [3.8, 4) is 0 Å². The van der Waals surface area contributed by atoms with Crippen molar-refractivity contribution in [1.82, 2.24) is 10.9 Å². The smallest absolute Gasteiger partial charge is 0.214 e. The third-order valence-corrected chi connectivity index (χ3v) is 3.26. The first-order chi connectivity index (χ1) is 8.60. The quantitative estimate of drug-likeness (QED) is 0.784. The van der Waals surface area contributed by atoms with Crippen LogP contribution in [0.4, 0.5) is 4.39 Å². The molecule has 0 amide bonds. The highest BCUT2D eigenvalue weighted by Crippen LogP contribution is 2.32. The van der Waals surface area contributed by atoms with Crippen LogP contribution in [0, 0.1) is 5.82 Å². The summed E-state index contributed by atoms with van der Waals surface area (Å²) in [6.45, 7) is 2.75. The van der Waals surface area contributed by atoms with Gasteiger partial charge in [0.15, 0.2) is 5.60 Å². The highest BCUT2D eigenvalue weighted by atomic mass is 19.1. The molecule has 0 radical (unpaired) electrons. The van der Waals surface area contributed by atoms with Gasteiger partial charge in [-0.2, -0.15) is 0 Å². The number of epoxide rings is 1. The molecule has 1 aromatic rings. The lowest BCUT2D eigenvalue weighted by molar-refractivity contribution is -0.120. The van der Waals surface area contributed by atoms with Crippen LogP contribution in [0.5, 0.6) is 0 Å². The predicted molar refractivity (Wildman–Crippen MR) is 63.8 cm³/mol. The van der Waals surface area contributed by atoms with E-state index in [9.17, 15) is 9.18 Å². The second kappa shape index (κ2) is 3.90. The number of benzene rings is 1. The molecule has 1 aromatic carbocycles. The van der Waals surface area contributed by atoms with Crippen LogP contribution in [0.1, 0.15) is 12.5 Å². The molecule has 2 heterocycles. The summed E-state index contributed by atoms with van der Waals surface area (Å²) in [7, 11) is 0. The van der Waals surface area contributed by atoms with Crippen molar-refractivity contribution in [3.05, 3.63) is 41.3 Å². The van der Waals surface area contributed by atoms with Crippen LogP contribution >= 0.6 is 0 Å². The third kappa shape index (κ3) is 1.81. The van der Waals surface area contributed by atoms with Gasteiger partial charge in [-0.05, 0) is 24.6 Å². The number of ketones is 1. The minimum absolute atomic E-state index is 0.0631. The number of nitrogens with one attached hydrogen (secondary N) is 2. The minimum Gasteiger partial charge on any atom is -0.361 e. The molecule has 1 saturated heterocycles. The number of ether oxygens (including phenoxy) is 1.